The third-order valence-electron chi connectivity index (χ3n) is 2.82. The van der Waals surface area contributed by atoms with E-state index in [0.29, 0.717) is 11.5 Å². The number of hydrogen-bond donors (Lipinski definition) is 2. The summed E-state index contributed by atoms with van der Waals surface area (Å²) in [5, 5.41) is 7.49. The first-order valence-corrected chi connectivity index (χ1v) is 6.05. The molecular weight excluding hydrogens is 230 g/mol. The molecule has 1 aromatic heterocycles. The van der Waals surface area contributed by atoms with Crippen LogP contribution in [0.2, 0.25) is 0 Å². The second-order valence-electron chi connectivity index (χ2n) is 5.02. The van der Waals surface area contributed by atoms with Crippen molar-refractivity contribution in [3.8, 4) is 0 Å². The second-order valence-corrected chi connectivity index (χ2v) is 5.02. The summed E-state index contributed by atoms with van der Waals surface area (Å²) in [7, 11) is 5.27. The van der Waals surface area contributed by atoms with E-state index in [4.69, 9.17) is 5.73 Å². The summed E-state index contributed by atoms with van der Waals surface area (Å²) in [6.45, 7) is 5.89. The quantitative estimate of drug-likeness (QED) is 0.840. The Bertz CT molecular complexity index is 436. The Balaban J connectivity index is 2.95. The van der Waals surface area contributed by atoms with Crippen molar-refractivity contribution < 1.29 is 4.79 Å². The highest BCUT2D eigenvalue weighted by Gasteiger charge is 2.20. The van der Waals surface area contributed by atoms with Crippen LogP contribution >= 0.6 is 0 Å². The molecule has 1 rings (SSSR count). The van der Waals surface area contributed by atoms with E-state index in [-0.39, 0.29) is 17.9 Å². The van der Waals surface area contributed by atoms with Gasteiger partial charge in [-0.25, -0.2) is 0 Å². The number of nitrogens with two attached hydrogens (primary N) is 1. The molecule has 1 amide bonds. The lowest BCUT2D eigenvalue weighted by molar-refractivity contribution is -0.129. The molecule has 0 aliphatic carbocycles. The Kier molecular flexibility index (Phi) is 4.21. The van der Waals surface area contributed by atoms with Crippen LogP contribution in [0.25, 0.3) is 0 Å². The summed E-state index contributed by atoms with van der Waals surface area (Å²) in [6, 6.07) is -0.335. The normalized spacial score (nSPS) is 12.6. The standard InChI is InChI=1S/C12H23N5O/c1-7(2)10-9(13)11(17(6)15-10)14-8(3)12(18)16(4)5/h7-8,14H,13H2,1-6H3. The molecule has 0 aliphatic heterocycles. The Morgan fingerprint density at radius 3 is 2.33 bits per heavy atom. The fraction of sp³-hybridized carbons (Fsp3) is 0.667. The summed E-state index contributed by atoms with van der Waals surface area (Å²) >= 11 is 0. The van der Waals surface area contributed by atoms with Gasteiger partial charge in [0.15, 0.2) is 0 Å². The van der Waals surface area contributed by atoms with E-state index in [1.165, 1.54) is 0 Å². The van der Waals surface area contributed by atoms with Crippen LogP contribution in [0.1, 0.15) is 32.4 Å². The molecule has 6 nitrogen and oxygen atoms in total. The molecule has 0 fully saturated rings. The number of aryl methyl sites for hydroxylation is 1. The van der Waals surface area contributed by atoms with Crippen LogP contribution in [-0.2, 0) is 11.8 Å². The lowest BCUT2D eigenvalue weighted by Gasteiger charge is -2.19. The van der Waals surface area contributed by atoms with Crippen LogP contribution < -0.4 is 11.1 Å². The maximum absolute atomic E-state index is 11.8. The summed E-state index contributed by atoms with van der Waals surface area (Å²) < 4.78 is 1.68. The highest BCUT2D eigenvalue weighted by atomic mass is 16.2. The zero-order valence-electron chi connectivity index (χ0n) is 12.0. The van der Waals surface area contributed by atoms with Crippen molar-refractivity contribution in [2.75, 3.05) is 25.1 Å². The van der Waals surface area contributed by atoms with Gasteiger partial charge in [-0.3, -0.25) is 9.48 Å². The molecule has 0 aliphatic rings. The molecule has 3 N–H and O–H groups in total. The Morgan fingerprint density at radius 2 is 1.94 bits per heavy atom. The van der Waals surface area contributed by atoms with Gasteiger partial charge in [0, 0.05) is 21.1 Å². The second kappa shape index (κ2) is 5.29. The Hall–Kier alpha value is -1.72. The minimum absolute atomic E-state index is 0.00157. The molecule has 1 atom stereocenters. The van der Waals surface area contributed by atoms with Gasteiger partial charge in [0.2, 0.25) is 5.91 Å². The molecule has 1 aromatic rings. The number of hydrogen-bond acceptors (Lipinski definition) is 4. The fourth-order valence-electron chi connectivity index (χ4n) is 1.81. The lowest BCUT2D eigenvalue weighted by Crippen LogP contribution is -2.37. The first-order chi connectivity index (χ1) is 8.25. The molecule has 1 heterocycles. The highest BCUT2D eigenvalue weighted by Crippen LogP contribution is 2.28. The average Bonchev–Trinajstić information content (AvgIpc) is 2.55. The van der Waals surface area contributed by atoms with Gasteiger partial charge < -0.3 is 16.0 Å². The maximum Gasteiger partial charge on any atom is 0.244 e. The first-order valence-electron chi connectivity index (χ1n) is 6.05. The first kappa shape index (κ1) is 14.3. The number of anilines is 2. The van der Waals surface area contributed by atoms with Crippen molar-refractivity contribution in [3.05, 3.63) is 5.69 Å². The van der Waals surface area contributed by atoms with E-state index in [1.54, 1.807) is 23.7 Å². The third-order valence-corrected chi connectivity index (χ3v) is 2.82. The highest BCUT2D eigenvalue weighted by molar-refractivity contribution is 5.84. The van der Waals surface area contributed by atoms with Crippen LogP contribution in [0.3, 0.4) is 0 Å². The summed E-state index contributed by atoms with van der Waals surface area (Å²) in [6.07, 6.45) is 0. The smallest absolute Gasteiger partial charge is 0.244 e. The van der Waals surface area contributed by atoms with Crippen LogP contribution in [0.4, 0.5) is 11.5 Å². The summed E-state index contributed by atoms with van der Waals surface area (Å²) in [5.74, 6) is 0.953. The molecule has 6 heteroatoms. The molecule has 0 saturated heterocycles. The van der Waals surface area contributed by atoms with Crippen molar-refractivity contribution in [1.82, 2.24) is 14.7 Å². The van der Waals surface area contributed by atoms with Gasteiger partial charge in [-0.15, -0.1) is 0 Å². The molecule has 0 saturated carbocycles. The maximum atomic E-state index is 11.8. The summed E-state index contributed by atoms with van der Waals surface area (Å²) in [4.78, 5) is 13.4. The number of aromatic nitrogens is 2. The van der Waals surface area contributed by atoms with Crippen molar-refractivity contribution in [3.63, 3.8) is 0 Å². The zero-order valence-corrected chi connectivity index (χ0v) is 12.0. The predicted molar refractivity (Wildman–Crippen MR) is 73.5 cm³/mol. The van der Waals surface area contributed by atoms with E-state index in [9.17, 15) is 4.79 Å². The monoisotopic (exact) mass is 253 g/mol. The molecular formula is C12H23N5O. The van der Waals surface area contributed by atoms with Crippen molar-refractivity contribution >= 4 is 17.4 Å². The van der Waals surface area contributed by atoms with Gasteiger partial charge in [0.05, 0.1) is 11.4 Å². The van der Waals surface area contributed by atoms with Gasteiger partial charge in [-0.1, -0.05) is 13.8 Å². The third kappa shape index (κ3) is 2.75. The molecule has 0 spiro atoms. The molecule has 0 aromatic carbocycles. The number of carbonyl (C=O) groups is 1. The molecule has 0 bridgehead atoms. The summed E-state index contributed by atoms with van der Waals surface area (Å²) in [5.41, 5.74) is 7.53. The van der Waals surface area contributed by atoms with Gasteiger partial charge in [0.1, 0.15) is 11.9 Å². The topological polar surface area (TPSA) is 76.2 Å². The van der Waals surface area contributed by atoms with Gasteiger partial charge in [-0.05, 0) is 12.8 Å². The molecule has 18 heavy (non-hydrogen) atoms. The van der Waals surface area contributed by atoms with Gasteiger partial charge in [0.25, 0.3) is 0 Å². The molecule has 102 valence electrons. The number of rotatable bonds is 4. The lowest BCUT2D eigenvalue weighted by atomic mass is 10.1. The SMILES string of the molecule is CC(Nc1c(N)c(C(C)C)nn1C)C(=O)N(C)C. The van der Waals surface area contributed by atoms with Crippen LogP contribution in [0.15, 0.2) is 0 Å². The zero-order chi connectivity index (χ0) is 14.0. The van der Waals surface area contributed by atoms with E-state index < -0.39 is 0 Å². The number of nitrogens with one attached hydrogen (secondary N) is 1. The van der Waals surface area contributed by atoms with E-state index in [0.717, 1.165) is 5.69 Å². The van der Waals surface area contributed by atoms with E-state index in [1.807, 2.05) is 27.8 Å². The van der Waals surface area contributed by atoms with Crippen molar-refractivity contribution in [1.29, 1.82) is 0 Å². The minimum atomic E-state index is -0.335. The van der Waals surface area contributed by atoms with Crippen LogP contribution in [0, 0.1) is 0 Å². The Morgan fingerprint density at radius 1 is 1.39 bits per heavy atom. The fourth-order valence-corrected chi connectivity index (χ4v) is 1.81. The predicted octanol–water partition coefficient (Wildman–Crippen LogP) is 1.01. The number of carbonyl (C=O) groups excluding carboxylic acids is 1. The van der Waals surface area contributed by atoms with Crippen molar-refractivity contribution in [2.45, 2.75) is 32.7 Å². The minimum Gasteiger partial charge on any atom is -0.394 e. The molecule has 1 unspecified atom stereocenters. The van der Waals surface area contributed by atoms with Gasteiger partial charge in [-0.2, -0.15) is 5.10 Å². The number of likely N-dealkylation sites (N-methyl/N-ethyl adjacent to an activating group) is 1. The average molecular weight is 253 g/mol. The van der Waals surface area contributed by atoms with E-state index in [2.05, 4.69) is 10.4 Å². The number of nitrogen functional groups attached to an aromatic ring is 1. The molecule has 0 radical (unpaired) electrons. The van der Waals surface area contributed by atoms with Crippen LogP contribution in [0.5, 0.6) is 0 Å². The number of amides is 1. The largest absolute Gasteiger partial charge is 0.394 e. The van der Waals surface area contributed by atoms with Crippen LogP contribution in [-0.4, -0.2) is 40.7 Å². The van der Waals surface area contributed by atoms with Gasteiger partial charge >= 0.3 is 0 Å². The van der Waals surface area contributed by atoms with Crippen molar-refractivity contribution in [2.24, 2.45) is 7.05 Å². The van der Waals surface area contributed by atoms with E-state index >= 15 is 0 Å². The number of nitrogens with zero attached hydrogens (tertiary/aromatic N) is 3. The Labute approximate surface area is 108 Å².